The number of aliphatic hydroxyl groups is 1. The Morgan fingerprint density at radius 1 is 0.882 bits per heavy atom. The van der Waals surface area contributed by atoms with E-state index in [1.807, 2.05) is 0 Å². The fourth-order valence-corrected chi connectivity index (χ4v) is 7.35. The number of sulfonamides is 1. The minimum atomic E-state index is -6.00. The van der Waals surface area contributed by atoms with Gasteiger partial charge in [0.05, 0.1) is 28.8 Å². The second-order valence-corrected chi connectivity index (χ2v) is 13.8. The highest BCUT2D eigenvalue weighted by Crippen LogP contribution is 2.45. The summed E-state index contributed by atoms with van der Waals surface area (Å²) in [6.45, 7) is -0.253. The number of nitrogens with zero attached hydrogens (tertiary/aromatic N) is 7. The fourth-order valence-electron chi connectivity index (χ4n) is 5.73. The first kappa shape index (κ1) is 34.1. The number of benzene rings is 2. The van der Waals surface area contributed by atoms with E-state index in [9.17, 15) is 39.9 Å². The Morgan fingerprint density at radius 2 is 1.57 bits per heavy atom. The highest BCUT2D eigenvalue weighted by atomic mass is 32.2. The summed E-state index contributed by atoms with van der Waals surface area (Å²) in [7, 11) is -3.95. The summed E-state index contributed by atoms with van der Waals surface area (Å²) >= 11 is 0. The number of fused-ring (bicyclic) bond motifs is 2. The van der Waals surface area contributed by atoms with E-state index in [0.29, 0.717) is 56.6 Å². The number of hydrogen-bond acceptors (Lipinski definition) is 9. The van der Waals surface area contributed by atoms with Crippen molar-refractivity contribution in [1.82, 2.24) is 29.7 Å². The maximum atomic E-state index is 13.6. The maximum absolute atomic E-state index is 13.6. The van der Waals surface area contributed by atoms with Crippen LogP contribution in [0.5, 0.6) is 0 Å². The monoisotopic (exact) mass is 728 g/mol. The normalized spacial score (nSPS) is 14.3. The van der Waals surface area contributed by atoms with Crippen molar-refractivity contribution in [2.75, 3.05) is 9.62 Å². The van der Waals surface area contributed by atoms with E-state index >= 15 is 0 Å². The number of rotatable bonds is 9. The minimum absolute atomic E-state index is 0.0468. The molecule has 0 atom stereocenters. The zero-order valence-corrected chi connectivity index (χ0v) is 27.2. The molecule has 1 saturated carbocycles. The van der Waals surface area contributed by atoms with Gasteiger partial charge in [-0.3, -0.25) is 9.67 Å². The maximum Gasteiger partial charge on any atom is 0.428 e. The minimum Gasteiger partial charge on any atom is -0.372 e. The molecule has 4 aromatic heterocycles. The number of halogens is 6. The Morgan fingerprint density at radius 3 is 2.22 bits per heavy atom. The lowest BCUT2D eigenvalue weighted by Crippen LogP contribution is -2.59. The molecule has 2 aromatic carbocycles. The number of hydrogen-bond donors (Lipinski definition) is 2. The van der Waals surface area contributed by atoms with Gasteiger partial charge in [-0.15, -0.1) is 0 Å². The van der Waals surface area contributed by atoms with Crippen LogP contribution in [0.4, 0.5) is 43.8 Å². The van der Waals surface area contributed by atoms with Crippen LogP contribution in [-0.4, -0.2) is 67.2 Å². The van der Waals surface area contributed by atoms with Gasteiger partial charge in [0.1, 0.15) is 5.82 Å². The van der Waals surface area contributed by atoms with Crippen molar-refractivity contribution in [3.63, 3.8) is 0 Å². The molecule has 0 unspecified atom stereocenters. The molecule has 6 aromatic rings. The number of nitrogens with one attached hydrogen (secondary N) is 1. The van der Waals surface area contributed by atoms with Crippen LogP contribution in [0.2, 0.25) is 0 Å². The van der Waals surface area contributed by atoms with Crippen LogP contribution < -0.4 is 9.62 Å². The van der Waals surface area contributed by atoms with Crippen molar-refractivity contribution in [1.29, 1.82) is 0 Å². The topological polar surface area (TPSA) is 139 Å². The lowest BCUT2D eigenvalue weighted by molar-refractivity contribution is -0.372. The Bertz CT molecular complexity index is 2350. The van der Waals surface area contributed by atoms with Gasteiger partial charge in [0.15, 0.2) is 0 Å². The van der Waals surface area contributed by atoms with Gasteiger partial charge < -0.3 is 10.4 Å². The number of aryl methyl sites for hydroxylation is 1. The van der Waals surface area contributed by atoms with Crippen LogP contribution in [0.1, 0.15) is 18.4 Å². The van der Waals surface area contributed by atoms with Crippen LogP contribution in [0.15, 0.2) is 90.5 Å². The first-order chi connectivity index (χ1) is 24.1. The molecule has 51 heavy (non-hydrogen) atoms. The van der Waals surface area contributed by atoms with E-state index in [1.54, 1.807) is 43.5 Å². The molecule has 18 heteroatoms. The van der Waals surface area contributed by atoms with Gasteiger partial charge >= 0.3 is 12.4 Å². The Labute approximate surface area is 285 Å². The average Bonchev–Trinajstić information content (AvgIpc) is 3.83. The summed E-state index contributed by atoms with van der Waals surface area (Å²) in [5, 5.41) is 18.2. The van der Waals surface area contributed by atoms with E-state index in [-0.39, 0.29) is 27.8 Å². The van der Waals surface area contributed by atoms with E-state index in [4.69, 9.17) is 0 Å². The molecule has 0 amide bonds. The first-order valence-electron chi connectivity index (χ1n) is 15.3. The molecule has 1 aliphatic rings. The van der Waals surface area contributed by atoms with Gasteiger partial charge in [-0.05, 0) is 73.9 Å². The van der Waals surface area contributed by atoms with Gasteiger partial charge in [-0.2, -0.15) is 31.4 Å². The number of alkyl halides is 6. The molecule has 4 heterocycles. The van der Waals surface area contributed by atoms with E-state index in [0.717, 1.165) is 6.20 Å². The van der Waals surface area contributed by atoms with Crippen molar-refractivity contribution in [3.8, 4) is 11.3 Å². The zero-order valence-electron chi connectivity index (χ0n) is 26.4. The van der Waals surface area contributed by atoms with Gasteiger partial charge in [-0.1, -0.05) is 6.07 Å². The highest BCUT2D eigenvalue weighted by Gasteiger charge is 2.70. The quantitative estimate of drug-likeness (QED) is 0.156. The number of aromatic nitrogens is 6. The number of anilines is 3. The summed E-state index contributed by atoms with van der Waals surface area (Å²) < 4.78 is 109. The van der Waals surface area contributed by atoms with Gasteiger partial charge in [0.25, 0.3) is 15.6 Å². The summed E-state index contributed by atoms with van der Waals surface area (Å²) in [5.74, 6) is 0.486. The highest BCUT2D eigenvalue weighted by molar-refractivity contribution is 7.92. The van der Waals surface area contributed by atoms with Crippen LogP contribution in [-0.2, 0) is 16.6 Å². The molecule has 1 aliphatic carbocycles. The molecule has 0 spiro atoms. The Balaban J connectivity index is 1.18. The second kappa shape index (κ2) is 12.2. The Kier molecular flexibility index (Phi) is 8.13. The Hall–Kier alpha value is -5.36. The molecule has 11 nitrogen and oxygen atoms in total. The van der Waals surface area contributed by atoms with Crippen LogP contribution in [0.3, 0.4) is 0 Å². The molecule has 7 rings (SSSR count). The second-order valence-electron chi connectivity index (χ2n) is 12.0. The third-order valence-electron chi connectivity index (χ3n) is 8.63. The predicted octanol–water partition coefficient (Wildman–Crippen LogP) is 6.70. The summed E-state index contributed by atoms with van der Waals surface area (Å²) in [6, 6.07) is 13.8. The predicted molar refractivity (Wildman–Crippen MR) is 175 cm³/mol. The summed E-state index contributed by atoms with van der Waals surface area (Å²) in [6.07, 6.45) is -3.36. The van der Waals surface area contributed by atoms with Crippen molar-refractivity contribution >= 4 is 49.2 Å². The largest absolute Gasteiger partial charge is 0.428 e. The van der Waals surface area contributed by atoms with Gasteiger partial charge in [-0.25, -0.2) is 27.7 Å². The SMILES string of the molecule is Cc1c(-c2nccc3cnc(Nc4ccc(S(=O)(=O)N(c5ncccn5)C5CC5)cc4)cc23)ccc2c1cnn2CC(O)(C(F)(F)F)C(F)(F)F. The fraction of sp³-hybridized carbons (Fsp3) is 0.242. The zero-order chi connectivity index (χ0) is 36.3. The van der Waals surface area contributed by atoms with Crippen LogP contribution in [0.25, 0.3) is 32.9 Å². The van der Waals surface area contributed by atoms with Crippen LogP contribution >= 0.6 is 0 Å². The number of pyridine rings is 2. The first-order valence-corrected chi connectivity index (χ1v) is 16.8. The molecule has 264 valence electrons. The molecule has 0 saturated heterocycles. The van der Waals surface area contributed by atoms with Crippen molar-refractivity contribution in [2.45, 2.75) is 55.2 Å². The van der Waals surface area contributed by atoms with Crippen molar-refractivity contribution in [2.24, 2.45) is 0 Å². The third-order valence-corrected chi connectivity index (χ3v) is 10.5. The standard InChI is InChI=1S/C33H26F6N8O3S/c1-19-24(9-10-27-26(19)17-44-46(27)18-31(48,32(34,35)36)33(37,38)39)29-25-15-28(43-16-20(25)11-14-40-29)45-21-3-7-23(8-4-21)51(49,50)47(22-5-6-22)30-41-12-2-13-42-30/h2-4,7-17,22,48H,5-6,18H2,1H3,(H,43,45). The van der Waals surface area contributed by atoms with Crippen molar-refractivity contribution < 1.29 is 39.9 Å². The summed E-state index contributed by atoms with van der Waals surface area (Å²) in [4.78, 5) is 17.3. The molecule has 0 radical (unpaired) electrons. The van der Waals surface area contributed by atoms with Gasteiger partial charge in [0.2, 0.25) is 5.95 Å². The van der Waals surface area contributed by atoms with E-state index < -0.39 is 34.5 Å². The van der Waals surface area contributed by atoms with E-state index in [2.05, 4.69) is 30.4 Å². The summed E-state index contributed by atoms with van der Waals surface area (Å²) in [5.41, 5.74) is -3.06. The smallest absolute Gasteiger partial charge is 0.372 e. The lowest BCUT2D eigenvalue weighted by atomic mass is 9.98. The molecular weight excluding hydrogens is 702 g/mol. The molecule has 0 aliphatic heterocycles. The van der Waals surface area contributed by atoms with E-state index in [1.165, 1.54) is 47.2 Å². The molecular formula is C33H26F6N8O3S. The molecule has 0 bridgehead atoms. The average molecular weight is 729 g/mol. The van der Waals surface area contributed by atoms with Gasteiger partial charge in [0, 0.05) is 58.2 Å². The van der Waals surface area contributed by atoms with Crippen molar-refractivity contribution in [3.05, 3.63) is 91.1 Å². The lowest BCUT2D eigenvalue weighted by Gasteiger charge is -2.32. The van der Waals surface area contributed by atoms with Crippen LogP contribution in [0, 0.1) is 6.92 Å². The molecule has 1 fully saturated rings. The third kappa shape index (κ3) is 6.07. The molecule has 2 N–H and O–H groups in total.